The molecule has 3 heteroatoms. The van der Waals surface area contributed by atoms with Crippen LogP contribution >= 0.6 is 0 Å². The second-order valence-electron chi connectivity index (χ2n) is 2.66. The third-order valence-electron chi connectivity index (χ3n) is 1.85. The molecule has 0 radical (unpaired) electrons. The number of halogens is 1. The second kappa shape index (κ2) is 2.17. The predicted molar refractivity (Wildman–Crippen MR) is 44.2 cm³/mol. The summed E-state index contributed by atoms with van der Waals surface area (Å²) in [5.74, 6) is -0.593. The smallest absolute Gasteiger partial charge is 0.186 e. The number of nitrogens with two attached hydrogens (primary N) is 1. The maximum absolute atomic E-state index is 12.8. The molecule has 60 valence electrons. The molecular weight excluding hydrogens is 157 g/mol. The van der Waals surface area contributed by atoms with Gasteiger partial charge in [-0.05, 0) is 23.8 Å². The fraction of sp³-hybridized carbons (Fsp3) is 0. The molecule has 0 fully saturated rings. The summed E-state index contributed by atoms with van der Waals surface area (Å²) in [5.41, 5.74) is 6.40. The van der Waals surface area contributed by atoms with Crippen LogP contribution in [0.15, 0.2) is 18.2 Å². The third kappa shape index (κ3) is 0.830. The SMILES string of the molecule is Nc1cc2c(cc1F)C=CC2=O. The Labute approximate surface area is 68.5 Å². The molecule has 0 spiro atoms. The Hall–Kier alpha value is -1.64. The Bertz CT molecular complexity index is 396. The highest BCUT2D eigenvalue weighted by molar-refractivity contribution is 6.14. The number of ketones is 1. The van der Waals surface area contributed by atoms with E-state index < -0.39 is 5.82 Å². The van der Waals surface area contributed by atoms with Crippen molar-refractivity contribution in [2.75, 3.05) is 5.73 Å². The van der Waals surface area contributed by atoms with E-state index in [9.17, 15) is 9.18 Å². The van der Waals surface area contributed by atoms with Crippen LogP contribution in [0.3, 0.4) is 0 Å². The molecule has 0 amide bonds. The van der Waals surface area contributed by atoms with Crippen LogP contribution in [0.4, 0.5) is 10.1 Å². The third-order valence-corrected chi connectivity index (χ3v) is 1.85. The van der Waals surface area contributed by atoms with Gasteiger partial charge >= 0.3 is 0 Å². The zero-order chi connectivity index (χ0) is 8.72. The lowest BCUT2D eigenvalue weighted by molar-refractivity contribution is 0.105. The van der Waals surface area contributed by atoms with Crippen LogP contribution in [0.5, 0.6) is 0 Å². The lowest BCUT2D eigenvalue weighted by Crippen LogP contribution is -1.97. The first-order valence-electron chi connectivity index (χ1n) is 3.50. The van der Waals surface area contributed by atoms with E-state index >= 15 is 0 Å². The largest absolute Gasteiger partial charge is 0.396 e. The Morgan fingerprint density at radius 2 is 2.00 bits per heavy atom. The molecule has 0 saturated heterocycles. The van der Waals surface area contributed by atoms with Crippen molar-refractivity contribution < 1.29 is 9.18 Å². The number of allylic oxidation sites excluding steroid dienone is 1. The van der Waals surface area contributed by atoms with Crippen LogP contribution in [-0.2, 0) is 0 Å². The summed E-state index contributed by atoms with van der Waals surface area (Å²) < 4.78 is 12.8. The van der Waals surface area contributed by atoms with Crippen LogP contribution in [-0.4, -0.2) is 5.78 Å². The number of carbonyl (C=O) groups excluding carboxylic acids is 1. The Morgan fingerprint density at radius 1 is 1.25 bits per heavy atom. The van der Waals surface area contributed by atoms with Crippen molar-refractivity contribution in [2.45, 2.75) is 0 Å². The van der Waals surface area contributed by atoms with Gasteiger partial charge in [0.25, 0.3) is 0 Å². The van der Waals surface area contributed by atoms with Gasteiger partial charge in [0, 0.05) is 5.56 Å². The average molecular weight is 163 g/mol. The molecule has 0 bridgehead atoms. The normalized spacial score (nSPS) is 13.6. The van der Waals surface area contributed by atoms with Crippen molar-refractivity contribution in [3.05, 3.63) is 35.2 Å². The molecule has 2 N–H and O–H groups in total. The Morgan fingerprint density at radius 3 is 2.75 bits per heavy atom. The minimum atomic E-state index is -0.479. The maximum Gasteiger partial charge on any atom is 0.186 e. The van der Waals surface area contributed by atoms with E-state index in [0.717, 1.165) is 0 Å². The minimum Gasteiger partial charge on any atom is -0.396 e. The van der Waals surface area contributed by atoms with E-state index in [2.05, 4.69) is 0 Å². The van der Waals surface area contributed by atoms with Crippen molar-refractivity contribution in [1.82, 2.24) is 0 Å². The van der Waals surface area contributed by atoms with Crippen LogP contribution in [0.1, 0.15) is 15.9 Å². The molecule has 1 aromatic rings. The number of hydrogen-bond acceptors (Lipinski definition) is 2. The van der Waals surface area contributed by atoms with Gasteiger partial charge in [-0.2, -0.15) is 0 Å². The van der Waals surface area contributed by atoms with E-state index in [-0.39, 0.29) is 11.5 Å². The quantitative estimate of drug-likeness (QED) is 0.590. The van der Waals surface area contributed by atoms with E-state index in [1.807, 2.05) is 0 Å². The Balaban J connectivity index is 2.69. The number of rotatable bonds is 0. The fourth-order valence-electron chi connectivity index (χ4n) is 1.21. The summed E-state index contributed by atoms with van der Waals surface area (Å²) in [6, 6.07) is 2.64. The van der Waals surface area contributed by atoms with Gasteiger partial charge in [-0.1, -0.05) is 6.08 Å². The molecule has 0 aliphatic heterocycles. The van der Waals surface area contributed by atoms with E-state index in [1.54, 1.807) is 6.08 Å². The number of nitrogen functional groups attached to an aromatic ring is 1. The first kappa shape index (κ1) is 7.03. The molecule has 2 rings (SSSR count). The van der Waals surface area contributed by atoms with E-state index in [0.29, 0.717) is 11.1 Å². The second-order valence-corrected chi connectivity index (χ2v) is 2.66. The molecule has 12 heavy (non-hydrogen) atoms. The van der Waals surface area contributed by atoms with Crippen molar-refractivity contribution in [2.24, 2.45) is 0 Å². The number of hydrogen-bond donors (Lipinski definition) is 1. The first-order valence-corrected chi connectivity index (χ1v) is 3.50. The predicted octanol–water partition coefficient (Wildman–Crippen LogP) is 1.62. The van der Waals surface area contributed by atoms with Gasteiger partial charge in [0.15, 0.2) is 5.78 Å². The van der Waals surface area contributed by atoms with Gasteiger partial charge in [0.2, 0.25) is 0 Å². The molecule has 0 unspecified atom stereocenters. The minimum absolute atomic E-state index is 0.0193. The van der Waals surface area contributed by atoms with Crippen LogP contribution in [0, 0.1) is 5.82 Å². The number of anilines is 1. The summed E-state index contributed by atoms with van der Waals surface area (Å²) in [6.45, 7) is 0. The lowest BCUT2D eigenvalue weighted by Gasteiger charge is -2.00. The summed E-state index contributed by atoms with van der Waals surface area (Å²) in [7, 11) is 0. The summed E-state index contributed by atoms with van der Waals surface area (Å²) in [4.78, 5) is 11.1. The molecule has 1 aliphatic rings. The first-order chi connectivity index (χ1) is 5.68. The molecule has 0 saturated carbocycles. The van der Waals surface area contributed by atoms with Crippen molar-refractivity contribution >= 4 is 17.5 Å². The molecule has 1 aliphatic carbocycles. The summed E-state index contributed by atoms with van der Waals surface area (Å²) >= 11 is 0. The molecule has 1 aromatic carbocycles. The maximum atomic E-state index is 12.8. The van der Waals surface area contributed by atoms with Gasteiger partial charge in [-0.15, -0.1) is 0 Å². The number of carbonyl (C=O) groups is 1. The standard InChI is InChI=1S/C9H6FNO/c10-7-3-5-1-2-9(12)6(5)4-8(7)11/h1-4H,11H2. The van der Waals surface area contributed by atoms with Crippen LogP contribution < -0.4 is 5.73 Å². The van der Waals surface area contributed by atoms with Gasteiger partial charge in [-0.3, -0.25) is 4.79 Å². The van der Waals surface area contributed by atoms with Crippen LogP contribution in [0.25, 0.3) is 6.08 Å². The number of fused-ring (bicyclic) bond motifs is 1. The van der Waals surface area contributed by atoms with Crippen LogP contribution in [0.2, 0.25) is 0 Å². The highest BCUT2D eigenvalue weighted by Gasteiger charge is 2.15. The van der Waals surface area contributed by atoms with Crippen molar-refractivity contribution in [1.29, 1.82) is 0 Å². The topological polar surface area (TPSA) is 43.1 Å². The zero-order valence-corrected chi connectivity index (χ0v) is 6.17. The molecule has 0 heterocycles. The van der Waals surface area contributed by atoms with Gasteiger partial charge in [0.1, 0.15) is 5.82 Å². The average Bonchev–Trinajstić information content (AvgIpc) is 2.35. The molecular formula is C9H6FNO. The Kier molecular flexibility index (Phi) is 1.27. The van der Waals surface area contributed by atoms with Crippen molar-refractivity contribution in [3.63, 3.8) is 0 Å². The van der Waals surface area contributed by atoms with Gasteiger partial charge < -0.3 is 5.73 Å². The van der Waals surface area contributed by atoms with Crippen molar-refractivity contribution in [3.8, 4) is 0 Å². The number of benzene rings is 1. The highest BCUT2D eigenvalue weighted by Crippen LogP contribution is 2.23. The van der Waals surface area contributed by atoms with Gasteiger partial charge in [-0.25, -0.2) is 4.39 Å². The highest BCUT2D eigenvalue weighted by atomic mass is 19.1. The van der Waals surface area contributed by atoms with Gasteiger partial charge in [0.05, 0.1) is 5.69 Å². The summed E-state index contributed by atoms with van der Waals surface area (Å²) in [5, 5.41) is 0. The lowest BCUT2D eigenvalue weighted by atomic mass is 10.1. The van der Waals surface area contributed by atoms with E-state index in [1.165, 1.54) is 18.2 Å². The summed E-state index contributed by atoms with van der Waals surface area (Å²) in [6.07, 6.45) is 2.99. The molecule has 0 atom stereocenters. The monoisotopic (exact) mass is 163 g/mol. The van der Waals surface area contributed by atoms with E-state index in [4.69, 9.17) is 5.73 Å². The molecule has 0 aromatic heterocycles. The zero-order valence-electron chi connectivity index (χ0n) is 6.17. The fourth-order valence-corrected chi connectivity index (χ4v) is 1.21. The molecule has 2 nitrogen and oxygen atoms in total.